The van der Waals surface area contributed by atoms with E-state index in [4.69, 9.17) is 9.84 Å². The van der Waals surface area contributed by atoms with Crippen LogP contribution in [-0.4, -0.2) is 81.5 Å². The predicted octanol–water partition coefficient (Wildman–Crippen LogP) is -1.43. The molecule has 0 aromatic rings. The Morgan fingerprint density at radius 1 is 1.19 bits per heavy atom. The fourth-order valence-electron chi connectivity index (χ4n) is 1.65. The summed E-state index contributed by atoms with van der Waals surface area (Å²) in [5.74, 6) is 0. The molecule has 0 atom stereocenters. The Balaban J connectivity index is 2.17. The van der Waals surface area contributed by atoms with Crippen molar-refractivity contribution in [2.75, 3.05) is 58.8 Å². The molecule has 0 aliphatic carbocycles. The summed E-state index contributed by atoms with van der Waals surface area (Å²) >= 11 is 0. The van der Waals surface area contributed by atoms with Gasteiger partial charge in [-0.3, -0.25) is 4.90 Å². The van der Waals surface area contributed by atoms with Gasteiger partial charge in [-0.05, 0) is 0 Å². The highest BCUT2D eigenvalue weighted by Crippen LogP contribution is 2.05. The van der Waals surface area contributed by atoms with Crippen LogP contribution in [0.2, 0.25) is 0 Å². The molecule has 0 amide bonds. The van der Waals surface area contributed by atoms with Crippen LogP contribution in [0.25, 0.3) is 0 Å². The third-order valence-electron chi connectivity index (χ3n) is 2.59. The molecule has 0 aromatic heterocycles. The zero-order chi connectivity index (χ0) is 12.0. The molecule has 1 rings (SSSR count). The number of hydrogen-bond donors (Lipinski definition) is 1. The Kier molecular flexibility index (Phi) is 5.63. The first-order valence-electron chi connectivity index (χ1n) is 5.40. The molecule has 1 N–H and O–H groups in total. The lowest BCUT2D eigenvalue weighted by Gasteiger charge is -2.32. The summed E-state index contributed by atoms with van der Waals surface area (Å²) in [6.45, 7) is 4.38. The Labute approximate surface area is 96.8 Å². The molecule has 0 saturated carbocycles. The van der Waals surface area contributed by atoms with Crippen LogP contribution in [0.5, 0.6) is 0 Å². The standard InChI is InChI=1S/C9H20N2O4S/c1-16(13,14)11-4-2-10(3-5-11)6-8-15-9-7-12/h12H,2-9H2,1H3. The van der Waals surface area contributed by atoms with Crippen LogP contribution in [0.15, 0.2) is 0 Å². The van der Waals surface area contributed by atoms with Crippen LogP contribution >= 0.6 is 0 Å². The fourth-order valence-corrected chi connectivity index (χ4v) is 2.47. The van der Waals surface area contributed by atoms with E-state index in [1.54, 1.807) is 0 Å². The highest BCUT2D eigenvalue weighted by atomic mass is 32.2. The second-order valence-corrected chi connectivity index (χ2v) is 5.82. The van der Waals surface area contributed by atoms with Crippen LogP contribution in [-0.2, 0) is 14.8 Å². The molecule has 6 nitrogen and oxygen atoms in total. The number of sulfonamides is 1. The minimum absolute atomic E-state index is 0.0435. The van der Waals surface area contributed by atoms with E-state index in [1.807, 2.05) is 0 Å². The van der Waals surface area contributed by atoms with Crippen molar-refractivity contribution in [1.29, 1.82) is 0 Å². The zero-order valence-electron chi connectivity index (χ0n) is 9.63. The molecule has 1 aliphatic rings. The van der Waals surface area contributed by atoms with Crippen LogP contribution in [0.1, 0.15) is 0 Å². The Morgan fingerprint density at radius 3 is 2.31 bits per heavy atom. The summed E-state index contributed by atoms with van der Waals surface area (Å²) in [7, 11) is -3.04. The molecule has 16 heavy (non-hydrogen) atoms. The second-order valence-electron chi connectivity index (χ2n) is 3.84. The van der Waals surface area contributed by atoms with Crippen molar-refractivity contribution in [1.82, 2.24) is 9.21 Å². The van der Waals surface area contributed by atoms with E-state index in [0.29, 0.717) is 26.3 Å². The van der Waals surface area contributed by atoms with E-state index in [0.717, 1.165) is 19.6 Å². The molecule has 1 saturated heterocycles. The third kappa shape index (κ3) is 4.75. The maximum atomic E-state index is 11.2. The van der Waals surface area contributed by atoms with Gasteiger partial charge in [0.15, 0.2) is 0 Å². The minimum Gasteiger partial charge on any atom is -0.394 e. The molecule has 0 spiro atoms. The van der Waals surface area contributed by atoms with Gasteiger partial charge < -0.3 is 9.84 Å². The maximum absolute atomic E-state index is 11.2. The van der Waals surface area contributed by atoms with Gasteiger partial charge in [0.25, 0.3) is 0 Å². The summed E-state index contributed by atoms with van der Waals surface area (Å²) < 4.78 is 29.1. The van der Waals surface area contributed by atoms with E-state index >= 15 is 0 Å². The summed E-state index contributed by atoms with van der Waals surface area (Å²) in [6, 6.07) is 0. The zero-order valence-corrected chi connectivity index (χ0v) is 10.4. The van der Waals surface area contributed by atoms with Gasteiger partial charge in [-0.2, -0.15) is 4.31 Å². The van der Waals surface area contributed by atoms with Crippen LogP contribution in [0.4, 0.5) is 0 Å². The number of nitrogens with zero attached hydrogens (tertiary/aromatic N) is 2. The lowest BCUT2D eigenvalue weighted by molar-refractivity contribution is 0.0661. The van der Waals surface area contributed by atoms with E-state index in [1.165, 1.54) is 10.6 Å². The first kappa shape index (κ1) is 13.9. The highest BCUT2D eigenvalue weighted by molar-refractivity contribution is 7.88. The molecular weight excluding hydrogens is 232 g/mol. The number of aliphatic hydroxyl groups is 1. The minimum atomic E-state index is -3.04. The summed E-state index contributed by atoms with van der Waals surface area (Å²) in [4.78, 5) is 2.17. The number of ether oxygens (including phenoxy) is 1. The van der Waals surface area contributed by atoms with Crippen molar-refractivity contribution >= 4 is 10.0 Å². The van der Waals surface area contributed by atoms with Crippen molar-refractivity contribution in [2.45, 2.75) is 0 Å². The molecule has 96 valence electrons. The van der Waals surface area contributed by atoms with Crippen molar-refractivity contribution in [3.05, 3.63) is 0 Å². The van der Waals surface area contributed by atoms with Crippen LogP contribution in [0.3, 0.4) is 0 Å². The second kappa shape index (κ2) is 6.51. The van der Waals surface area contributed by atoms with Gasteiger partial charge in [0.1, 0.15) is 0 Å². The number of piperazine rings is 1. The fraction of sp³-hybridized carbons (Fsp3) is 1.00. The monoisotopic (exact) mass is 252 g/mol. The van der Waals surface area contributed by atoms with Gasteiger partial charge in [0, 0.05) is 32.7 Å². The Morgan fingerprint density at radius 2 is 1.81 bits per heavy atom. The molecule has 1 aliphatic heterocycles. The number of hydrogen-bond acceptors (Lipinski definition) is 5. The Bertz CT molecular complexity index is 286. The average molecular weight is 252 g/mol. The van der Waals surface area contributed by atoms with E-state index in [-0.39, 0.29) is 6.61 Å². The van der Waals surface area contributed by atoms with Gasteiger partial charge in [-0.15, -0.1) is 0 Å². The quantitative estimate of drug-likeness (QED) is 0.587. The molecule has 7 heteroatoms. The summed E-state index contributed by atoms with van der Waals surface area (Å²) in [5, 5.41) is 8.52. The summed E-state index contributed by atoms with van der Waals surface area (Å²) in [6.07, 6.45) is 1.24. The molecule has 1 heterocycles. The molecule has 0 aromatic carbocycles. The summed E-state index contributed by atoms with van der Waals surface area (Å²) in [5.41, 5.74) is 0. The highest BCUT2D eigenvalue weighted by Gasteiger charge is 2.22. The van der Waals surface area contributed by atoms with E-state index in [2.05, 4.69) is 4.90 Å². The predicted molar refractivity (Wildman–Crippen MR) is 60.8 cm³/mol. The van der Waals surface area contributed by atoms with Gasteiger partial charge in [0.2, 0.25) is 10.0 Å². The van der Waals surface area contributed by atoms with E-state index in [9.17, 15) is 8.42 Å². The molecule has 1 fully saturated rings. The van der Waals surface area contributed by atoms with Gasteiger partial charge in [0.05, 0.1) is 26.1 Å². The molecular formula is C9H20N2O4S. The normalized spacial score (nSPS) is 20.1. The van der Waals surface area contributed by atoms with Crippen LogP contribution < -0.4 is 0 Å². The van der Waals surface area contributed by atoms with Crippen LogP contribution in [0, 0.1) is 0 Å². The number of aliphatic hydroxyl groups excluding tert-OH is 1. The van der Waals surface area contributed by atoms with Crippen molar-refractivity contribution < 1.29 is 18.3 Å². The average Bonchev–Trinajstić information content (AvgIpc) is 2.24. The molecule has 0 bridgehead atoms. The van der Waals surface area contributed by atoms with Gasteiger partial charge in [-0.1, -0.05) is 0 Å². The SMILES string of the molecule is CS(=O)(=O)N1CCN(CCOCCO)CC1. The first-order valence-corrected chi connectivity index (χ1v) is 7.25. The van der Waals surface area contributed by atoms with Gasteiger partial charge in [-0.25, -0.2) is 8.42 Å². The lowest BCUT2D eigenvalue weighted by Crippen LogP contribution is -2.49. The molecule has 0 unspecified atom stereocenters. The largest absolute Gasteiger partial charge is 0.394 e. The number of rotatable bonds is 6. The first-order chi connectivity index (χ1) is 7.54. The topological polar surface area (TPSA) is 70.1 Å². The van der Waals surface area contributed by atoms with Crippen molar-refractivity contribution in [2.24, 2.45) is 0 Å². The molecule has 0 radical (unpaired) electrons. The van der Waals surface area contributed by atoms with E-state index < -0.39 is 10.0 Å². The smallest absolute Gasteiger partial charge is 0.211 e. The Hall–Kier alpha value is -0.210. The lowest BCUT2D eigenvalue weighted by atomic mass is 10.3. The van der Waals surface area contributed by atoms with Crippen molar-refractivity contribution in [3.8, 4) is 0 Å². The maximum Gasteiger partial charge on any atom is 0.211 e. The van der Waals surface area contributed by atoms with Gasteiger partial charge >= 0.3 is 0 Å². The van der Waals surface area contributed by atoms with Crippen molar-refractivity contribution in [3.63, 3.8) is 0 Å². The third-order valence-corrected chi connectivity index (χ3v) is 3.89.